The first-order valence-corrected chi connectivity index (χ1v) is 7.90. The fourth-order valence-electron chi connectivity index (χ4n) is 1.95. The molecular formula is C13H20N2O3S. The van der Waals surface area contributed by atoms with Gasteiger partial charge in [0, 0.05) is 26.2 Å². The zero-order valence-electron chi connectivity index (χ0n) is 11.1. The summed E-state index contributed by atoms with van der Waals surface area (Å²) in [5.41, 5.74) is 1.05. The van der Waals surface area contributed by atoms with E-state index < -0.39 is 10.0 Å². The molecular weight excluding hydrogens is 264 g/mol. The Morgan fingerprint density at radius 1 is 1.11 bits per heavy atom. The van der Waals surface area contributed by atoms with Crippen molar-refractivity contribution in [1.82, 2.24) is 9.62 Å². The van der Waals surface area contributed by atoms with Gasteiger partial charge in [-0.2, -0.15) is 4.31 Å². The van der Waals surface area contributed by atoms with Crippen LogP contribution < -0.4 is 5.32 Å². The van der Waals surface area contributed by atoms with E-state index >= 15 is 0 Å². The van der Waals surface area contributed by atoms with Gasteiger partial charge in [-0.05, 0) is 19.1 Å². The zero-order valence-corrected chi connectivity index (χ0v) is 11.9. The third kappa shape index (κ3) is 3.76. The molecule has 1 aliphatic heterocycles. The number of nitrogens with zero attached hydrogens (tertiary/aromatic N) is 1. The van der Waals surface area contributed by atoms with Gasteiger partial charge >= 0.3 is 0 Å². The molecule has 0 radical (unpaired) electrons. The molecule has 1 fully saturated rings. The maximum Gasteiger partial charge on any atom is 0.243 e. The Bertz CT molecular complexity index is 489. The van der Waals surface area contributed by atoms with Gasteiger partial charge < -0.3 is 10.1 Å². The van der Waals surface area contributed by atoms with Gasteiger partial charge in [0.05, 0.1) is 18.1 Å². The van der Waals surface area contributed by atoms with Crippen LogP contribution in [0.5, 0.6) is 0 Å². The van der Waals surface area contributed by atoms with Crippen LogP contribution in [0.3, 0.4) is 0 Å². The molecule has 0 unspecified atom stereocenters. The highest BCUT2D eigenvalue weighted by atomic mass is 32.2. The van der Waals surface area contributed by atoms with E-state index in [0.29, 0.717) is 37.7 Å². The predicted octanol–water partition coefficient (Wildman–Crippen LogP) is 0.606. The number of hydrogen-bond donors (Lipinski definition) is 1. The molecule has 0 saturated carbocycles. The molecule has 0 amide bonds. The summed E-state index contributed by atoms with van der Waals surface area (Å²) < 4.78 is 31.9. The number of rotatable bonds is 2. The van der Waals surface area contributed by atoms with E-state index in [1.54, 1.807) is 12.1 Å². The van der Waals surface area contributed by atoms with E-state index in [0.717, 1.165) is 12.1 Å². The van der Waals surface area contributed by atoms with Crippen LogP contribution in [-0.4, -0.2) is 52.1 Å². The Kier molecular flexibility index (Phi) is 4.93. The van der Waals surface area contributed by atoms with Crippen LogP contribution >= 0.6 is 0 Å². The van der Waals surface area contributed by atoms with Crippen molar-refractivity contribution in [3.05, 3.63) is 29.8 Å². The highest BCUT2D eigenvalue weighted by Crippen LogP contribution is 2.16. The maximum absolute atomic E-state index is 12.5. The molecule has 1 saturated heterocycles. The van der Waals surface area contributed by atoms with E-state index in [9.17, 15) is 8.42 Å². The lowest BCUT2D eigenvalue weighted by Crippen LogP contribution is -2.37. The van der Waals surface area contributed by atoms with Crippen molar-refractivity contribution < 1.29 is 13.2 Å². The minimum absolute atomic E-state index is 0.345. The lowest BCUT2D eigenvalue weighted by atomic mass is 10.2. The molecule has 2 rings (SSSR count). The molecule has 1 aliphatic rings. The summed E-state index contributed by atoms with van der Waals surface area (Å²) in [5, 5.41) is 3.16. The summed E-state index contributed by atoms with van der Waals surface area (Å²) in [6.45, 7) is 5.28. The Balaban J connectivity index is 2.18. The third-order valence-corrected chi connectivity index (χ3v) is 5.02. The second-order valence-corrected chi connectivity index (χ2v) is 6.52. The molecule has 1 aromatic carbocycles. The van der Waals surface area contributed by atoms with Crippen molar-refractivity contribution in [2.45, 2.75) is 11.8 Å². The second kappa shape index (κ2) is 6.47. The normalized spacial score (nSPS) is 19.4. The summed E-state index contributed by atoms with van der Waals surface area (Å²) in [6, 6.07) is 6.95. The van der Waals surface area contributed by atoms with E-state index in [1.165, 1.54) is 4.31 Å². The number of aryl methyl sites for hydroxylation is 1. The second-order valence-electron chi connectivity index (χ2n) is 4.58. The van der Waals surface area contributed by atoms with Gasteiger partial charge in [0.15, 0.2) is 0 Å². The van der Waals surface area contributed by atoms with Crippen molar-refractivity contribution in [3.63, 3.8) is 0 Å². The third-order valence-electron chi connectivity index (χ3n) is 3.10. The van der Waals surface area contributed by atoms with Gasteiger partial charge in [-0.25, -0.2) is 8.42 Å². The minimum Gasteiger partial charge on any atom is -0.379 e. The van der Waals surface area contributed by atoms with Crippen LogP contribution in [0.1, 0.15) is 5.56 Å². The molecule has 0 atom stereocenters. The van der Waals surface area contributed by atoms with Crippen molar-refractivity contribution in [2.75, 3.05) is 39.4 Å². The van der Waals surface area contributed by atoms with Crippen molar-refractivity contribution in [1.29, 1.82) is 0 Å². The van der Waals surface area contributed by atoms with Gasteiger partial charge in [-0.1, -0.05) is 17.7 Å². The van der Waals surface area contributed by atoms with Gasteiger partial charge in [-0.3, -0.25) is 0 Å². The molecule has 5 nitrogen and oxygen atoms in total. The SMILES string of the molecule is Cc1ccc(S(=O)(=O)N2CCNCCOCC2)cc1. The Morgan fingerprint density at radius 2 is 1.84 bits per heavy atom. The van der Waals surface area contributed by atoms with Gasteiger partial charge in [0.2, 0.25) is 10.0 Å². The van der Waals surface area contributed by atoms with E-state index in [2.05, 4.69) is 5.32 Å². The molecule has 6 heteroatoms. The van der Waals surface area contributed by atoms with E-state index in [4.69, 9.17) is 4.74 Å². The van der Waals surface area contributed by atoms with Crippen LogP contribution in [0.2, 0.25) is 0 Å². The molecule has 0 aromatic heterocycles. The fraction of sp³-hybridized carbons (Fsp3) is 0.538. The first-order chi connectivity index (χ1) is 9.10. The Morgan fingerprint density at radius 3 is 2.58 bits per heavy atom. The first-order valence-electron chi connectivity index (χ1n) is 6.46. The van der Waals surface area contributed by atoms with Gasteiger partial charge in [0.25, 0.3) is 0 Å². The predicted molar refractivity (Wildman–Crippen MR) is 73.6 cm³/mol. The van der Waals surface area contributed by atoms with Crippen molar-refractivity contribution in [2.24, 2.45) is 0 Å². The minimum atomic E-state index is -3.42. The van der Waals surface area contributed by atoms with Gasteiger partial charge in [-0.15, -0.1) is 0 Å². The summed E-state index contributed by atoms with van der Waals surface area (Å²) >= 11 is 0. The molecule has 1 heterocycles. The van der Waals surface area contributed by atoms with E-state index in [1.807, 2.05) is 19.1 Å². The topological polar surface area (TPSA) is 58.6 Å². The average molecular weight is 284 g/mol. The number of ether oxygens (including phenoxy) is 1. The lowest BCUT2D eigenvalue weighted by Gasteiger charge is -2.21. The highest BCUT2D eigenvalue weighted by molar-refractivity contribution is 7.89. The molecule has 106 valence electrons. The quantitative estimate of drug-likeness (QED) is 0.864. The number of nitrogens with one attached hydrogen (secondary N) is 1. The van der Waals surface area contributed by atoms with Gasteiger partial charge in [0.1, 0.15) is 0 Å². The molecule has 0 bridgehead atoms. The van der Waals surface area contributed by atoms with Crippen LogP contribution in [0.15, 0.2) is 29.2 Å². The summed E-state index contributed by atoms with van der Waals surface area (Å²) in [6.07, 6.45) is 0. The van der Waals surface area contributed by atoms with Crippen LogP contribution in [0.25, 0.3) is 0 Å². The molecule has 0 spiro atoms. The van der Waals surface area contributed by atoms with E-state index in [-0.39, 0.29) is 0 Å². The van der Waals surface area contributed by atoms with Crippen molar-refractivity contribution in [3.8, 4) is 0 Å². The Hall–Kier alpha value is -0.950. The molecule has 1 aromatic rings. The summed E-state index contributed by atoms with van der Waals surface area (Å²) in [7, 11) is -3.42. The number of sulfonamides is 1. The van der Waals surface area contributed by atoms with Crippen LogP contribution in [0.4, 0.5) is 0 Å². The number of hydrogen-bond acceptors (Lipinski definition) is 4. The summed E-state index contributed by atoms with van der Waals surface area (Å²) in [4.78, 5) is 0.345. The number of benzene rings is 1. The summed E-state index contributed by atoms with van der Waals surface area (Å²) in [5.74, 6) is 0. The van der Waals surface area contributed by atoms with Crippen LogP contribution in [-0.2, 0) is 14.8 Å². The highest BCUT2D eigenvalue weighted by Gasteiger charge is 2.24. The fourth-order valence-corrected chi connectivity index (χ4v) is 3.38. The zero-order chi connectivity index (χ0) is 13.7. The molecule has 1 N–H and O–H groups in total. The van der Waals surface area contributed by atoms with Crippen LogP contribution in [0, 0.1) is 6.92 Å². The monoisotopic (exact) mass is 284 g/mol. The Labute approximate surface area is 114 Å². The smallest absolute Gasteiger partial charge is 0.243 e. The maximum atomic E-state index is 12.5. The largest absolute Gasteiger partial charge is 0.379 e. The standard InChI is InChI=1S/C13H20N2O3S/c1-12-2-4-13(5-3-12)19(16,17)15-8-6-14-7-10-18-11-9-15/h2-5,14H,6-11H2,1H3. The molecule has 19 heavy (non-hydrogen) atoms. The average Bonchev–Trinajstić information content (AvgIpc) is 2.52. The lowest BCUT2D eigenvalue weighted by molar-refractivity contribution is 0.132. The molecule has 0 aliphatic carbocycles. The van der Waals surface area contributed by atoms with Crippen molar-refractivity contribution >= 4 is 10.0 Å². The first kappa shape index (κ1) is 14.5.